The van der Waals surface area contributed by atoms with Crippen LogP contribution in [0.3, 0.4) is 0 Å². The van der Waals surface area contributed by atoms with E-state index < -0.39 is 0 Å². The first-order valence-electron chi connectivity index (χ1n) is 10.5. The number of likely N-dealkylation sites (tertiary alicyclic amines) is 1. The predicted octanol–water partition coefficient (Wildman–Crippen LogP) is 3.99. The summed E-state index contributed by atoms with van der Waals surface area (Å²) in [5.74, 6) is 1.63. The summed E-state index contributed by atoms with van der Waals surface area (Å²) < 4.78 is 0. The van der Waals surface area contributed by atoms with Crippen molar-refractivity contribution >= 4 is 0 Å². The molecule has 1 aromatic heterocycles. The van der Waals surface area contributed by atoms with Crippen LogP contribution in [0.5, 0.6) is 0 Å². The number of aromatic nitrogens is 2. The van der Waals surface area contributed by atoms with Crippen molar-refractivity contribution in [2.75, 3.05) is 13.1 Å². The van der Waals surface area contributed by atoms with Crippen molar-refractivity contribution in [2.45, 2.75) is 65.6 Å². The van der Waals surface area contributed by atoms with E-state index in [0.29, 0.717) is 12.0 Å². The minimum Gasteiger partial charge on any atom is -0.309 e. The third kappa shape index (κ3) is 6.40. The van der Waals surface area contributed by atoms with Crippen LogP contribution in [0.4, 0.5) is 0 Å². The zero-order valence-corrected chi connectivity index (χ0v) is 17.1. The molecule has 1 aliphatic rings. The van der Waals surface area contributed by atoms with E-state index >= 15 is 0 Å². The first-order valence-corrected chi connectivity index (χ1v) is 10.5. The summed E-state index contributed by atoms with van der Waals surface area (Å²) in [6.45, 7) is 10.8. The van der Waals surface area contributed by atoms with Crippen molar-refractivity contribution in [3.05, 3.63) is 59.2 Å². The van der Waals surface area contributed by atoms with Gasteiger partial charge in [0.1, 0.15) is 5.82 Å². The normalized spacial score (nSPS) is 18.1. The molecule has 0 saturated carbocycles. The summed E-state index contributed by atoms with van der Waals surface area (Å²) in [7, 11) is 0. The molecule has 2 aromatic rings. The molecule has 0 spiro atoms. The highest BCUT2D eigenvalue weighted by Crippen LogP contribution is 2.16. The molecule has 1 N–H and O–H groups in total. The summed E-state index contributed by atoms with van der Waals surface area (Å²) in [5, 5.41) is 3.70. The average molecular weight is 367 g/mol. The van der Waals surface area contributed by atoms with Gasteiger partial charge in [0.25, 0.3) is 0 Å². The van der Waals surface area contributed by atoms with Crippen molar-refractivity contribution in [2.24, 2.45) is 5.92 Å². The molecule has 27 heavy (non-hydrogen) atoms. The second-order valence-electron chi connectivity index (χ2n) is 8.23. The lowest BCUT2D eigenvalue weighted by Gasteiger charge is -2.33. The molecule has 1 aromatic carbocycles. The second-order valence-corrected chi connectivity index (χ2v) is 8.23. The number of hydrogen-bond acceptors (Lipinski definition) is 4. The Bertz CT molecular complexity index is 679. The number of hydrogen-bond donors (Lipinski definition) is 1. The van der Waals surface area contributed by atoms with E-state index in [1.165, 1.54) is 42.5 Å². The third-order valence-corrected chi connectivity index (χ3v) is 5.25. The van der Waals surface area contributed by atoms with Gasteiger partial charge in [-0.05, 0) is 42.9 Å². The van der Waals surface area contributed by atoms with E-state index in [1.807, 2.05) is 12.4 Å². The van der Waals surface area contributed by atoms with E-state index in [2.05, 4.69) is 65.2 Å². The zero-order valence-electron chi connectivity index (χ0n) is 17.1. The van der Waals surface area contributed by atoms with E-state index in [-0.39, 0.29) is 0 Å². The molecule has 4 heteroatoms. The molecule has 0 radical (unpaired) electrons. The van der Waals surface area contributed by atoms with Gasteiger partial charge >= 0.3 is 0 Å². The molecule has 1 fully saturated rings. The van der Waals surface area contributed by atoms with Gasteiger partial charge in [0, 0.05) is 50.1 Å². The number of rotatable bonds is 8. The third-order valence-electron chi connectivity index (χ3n) is 5.25. The van der Waals surface area contributed by atoms with Crippen LogP contribution in [0.2, 0.25) is 0 Å². The monoisotopic (exact) mass is 366 g/mol. The summed E-state index contributed by atoms with van der Waals surface area (Å²) in [5.41, 5.74) is 4.04. The highest BCUT2D eigenvalue weighted by molar-refractivity contribution is 5.23. The number of piperidine rings is 1. The largest absolute Gasteiger partial charge is 0.309 e. The number of nitrogens with one attached hydrogen (secondary N) is 1. The van der Waals surface area contributed by atoms with Gasteiger partial charge in [-0.15, -0.1) is 0 Å². The average Bonchev–Trinajstić information content (AvgIpc) is 2.68. The van der Waals surface area contributed by atoms with Crippen molar-refractivity contribution < 1.29 is 0 Å². The number of benzene rings is 1. The predicted molar refractivity (Wildman–Crippen MR) is 112 cm³/mol. The molecule has 1 unspecified atom stereocenters. The molecule has 0 bridgehead atoms. The zero-order chi connectivity index (χ0) is 19.1. The fourth-order valence-corrected chi connectivity index (χ4v) is 3.79. The molecule has 2 heterocycles. The topological polar surface area (TPSA) is 41.1 Å². The van der Waals surface area contributed by atoms with Gasteiger partial charge in [-0.2, -0.15) is 0 Å². The molecular weight excluding hydrogens is 332 g/mol. The van der Waals surface area contributed by atoms with Gasteiger partial charge in [0.15, 0.2) is 0 Å². The van der Waals surface area contributed by atoms with Gasteiger partial charge in [-0.1, -0.05) is 45.0 Å². The molecule has 1 saturated heterocycles. The molecule has 0 aliphatic carbocycles. The molecule has 3 rings (SSSR count). The first-order chi connectivity index (χ1) is 13.1. The first kappa shape index (κ1) is 20.0. The van der Waals surface area contributed by atoms with Crippen LogP contribution in [0.1, 0.15) is 56.1 Å². The Morgan fingerprint density at radius 3 is 2.44 bits per heavy atom. The van der Waals surface area contributed by atoms with Crippen LogP contribution >= 0.6 is 0 Å². The summed E-state index contributed by atoms with van der Waals surface area (Å²) in [6, 6.07) is 9.76. The van der Waals surface area contributed by atoms with Crippen LogP contribution in [0.15, 0.2) is 36.7 Å². The summed E-state index contributed by atoms with van der Waals surface area (Å²) >= 11 is 0. The van der Waals surface area contributed by atoms with Crippen molar-refractivity contribution in [3.63, 3.8) is 0 Å². The van der Waals surface area contributed by atoms with Crippen molar-refractivity contribution in [1.82, 2.24) is 20.2 Å². The van der Waals surface area contributed by atoms with Crippen LogP contribution in [0, 0.1) is 5.92 Å². The maximum atomic E-state index is 4.40. The fourth-order valence-electron chi connectivity index (χ4n) is 3.79. The second kappa shape index (κ2) is 9.95. The van der Waals surface area contributed by atoms with Crippen LogP contribution in [0.25, 0.3) is 0 Å². The van der Waals surface area contributed by atoms with E-state index in [4.69, 9.17) is 0 Å². The van der Waals surface area contributed by atoms with Crippen molar-refractivity contribution in [1.29, 1.82) is 0 Å². The Balaban J connectivity index is 1.47. The fraction of sp³-hybridized carbons (Fsp3) is 0.565. The van der Waals surface area contributed by atoms with E-state index in [1.54, 1.807) is 0 Å². The SMILES string of the molecule is CCc1ncc(CNC2CCCN(Cc3ccc(CC(C)C)cc3)C2)cn1. The Morgan fingerprint density at radius 2 is 1.78 bits per heavy atom. The van der Waals surface area contributed by atoms with Gasteiger partial charge in [-0.25, -0.2) is 9.97 Å². The highest BCUT2D eigenvalue weighted by Gasteiger charge is 2.19. The maximum Gasteiger partial charge on any atom is 0.127 e. The Labute approximate surface area is 164 Å². The maximum absolute atomic E-state index is 4.40. The number of aryl methyl sites for hydroxylation is 1. The van der Waals surface area contributed by atoms with Crippen LogP contribution < -0.4 is 5.32 Å². The Kier molecular flexibility index (Phi) is 7.36. The van der Waals surface area contributed by atoms with E-state index in [9.17, 15) is 0 Å². The minimum absolute atomic E-state index is 0.546. The molecule has 0 amide bonds. The van der Waals surface area contributed by atoms with Gasteiger partial charge < -0.3 is 5.32 Å². The quantitative estimate of drug-likeness (QED) is 0.767. The highest BCUT2D eigenvalue weighted by atomic mass is 15.2. The summed E-state index contributed by atoms with van der Waals surface area (Å²) in [6.07, 6.45) is 8.48. The lowest BCUT2D eigenvalue weighted by atomic mass is 10.0. The molecule has 4 nitrogen and oxygen atoms in total. The smallest absolute Gasteiger partial charge is 0.127 e. The van der Waals surface area contributed by atoms with Gasteiger partial charge in [0.05, 0.1) is 0 Å². The number of nitrogens with zero attached hydrogens (tertiary/aromatic N) is 3. The summed E-state index contributed by atoms with van der Waals surface area (Å²) in [4.78, 5) is 11.4. The van der Waals surface area contributed by atoms with Crippen LogP contribution in [-0.4, -0.2) is 34.0 Å². The van der Waals surface area contributed by atoms with Gasteiger partial charge in [-0.3, -0.25) is 4.90 Å². The molecule has 146 valence electrons. The lowest BCUT2D eigenvalue weighted by Crippen LogP contribution is -2.45. The van der Waals surface area contributed by atoms with Crippen molar-refractivity contribution in [3.8, 4) is 0 Å². The minimum atomic E-state index is 0.546. The standard InChI is InChI=1S/C23H34N4/c1-4-23-25-14-21(15-26-23)13-24-22-6-5-11-27(17-22)16-20-9-7-19(8-10-20)12-18(2)3/h7-10,14-15,18,22,24H,4-6,11-13,16-17H2,1-3H3. The Morgan fingerprint density at radius 1 is 1.07 bits per heavy atom. The molecular formula is C23H34N4. The Hall–Kier alpha value is -1.78. The van der Waals surface area contributed by atoms with E-state index in [0.717, 1.165) is 31.9 Å². The molecule has 1 atom stereocenters. The van der Waals surface area contributed by atoms with Crippen LogP contribution in [-0.2, 0) is 25.9 Å². The lowest BCUT2D eigenvalue weighted by molar-refractivity contribution is 0.182. The molecule has 1 aliphatic heterocycles. The van der Waals surface area contributed by atoms with Gasteiger partial charge in [0.2, 0.25) is 0 Å².